The number of nitro groups is 1. The SMILES string of the molecule is Cc1c(O)cccc1Oc1ccc(F)cc1[N+](=O)[O-]. The summed E-state index contributed by atoms with van der Waals surface area (Å²) in [5.41, 5.74) is -0.0242. The molecule has 19 heavy (non-hydrogen) atoms. The third-order valence-electron chi connectivity index (χ3n) is 2.59. The lowest BCUT2D eigenvalue weighted by molar-refractivity contribution is -0.385. The lowest BCUT2D eigenvalue weighted by atomic mass is 10.2. The van der Waals surface area contributed by atoms with Gasteiger partial charge in [-0.15, -0.1) is 0 Å². The van der Waals surface area contributed by atoms with Crippen molar-refractivity contribution in [1.29, 1.82) is 0 Å². The van der Waals surface area contributed by atoms with E-state index in [1.807, 2.05) is 0 Å². The van der Waals surface area contributed by atoms with Gasteiger partial charge in [-0.1, -0.05) is 6.07 Å². The highest BCUT2D eigenvalue weighted by atomic mass is 19.1. The molecule has 0 aliphatic heterocycles. The maximum atomic E-state index is 13.0. The molecule has 2 aromatic carbocycles. The summed E-state index contributed by atoms with van der Waals surface area (Å²) in [5, 5.41) is 20.4. The van der Waals surface area contributed by atoms with Gasteiger partial charge >= 0.3 is 5.69 Å². The number of benzene rings is 2. The second-order valence-corrected chi connectivity index (χ2v) is 3.87. The first kappa shape index (κ1) is 12.8. The van der Waals surface area contributed by atoms with Crippen molar-refractivity contribution in [3.8, 4) is 17.2 Å². The number of nitrogens with zero attached hydrogens (tertiary/aromatic N) is 1. The van der Waals surface area contributed by atoms with Crippen LogP contribution in [-0.2, 0) is 0 Å². The van der Waals surface area contributed by atoms with E-state index < -0.39 is 16.4 Å². The van der Waals surface area contributed by atoms with E-state index in [-0.39, 0.29) is 17.2 Å². The second-order valence-electron chi connectivity index (χ2n) is 3.87. The van der Waals surface area contributed by atoms with Gasteiger partial charge in [0, 0.05) is 5.56 Å². The smallest absolute Gasteiger partial charge is 0.314 e. The topological polar surface area (TPSA) is 72.6 Å². The first-order chi connectivity index (χ1) is 8.99. The molecule has 6 heteroatoms. The van der Waals surface area contributed by atoms with Gasteiger partial charge in [0.15, 0.2) is 0 Å². The molecule has 0 amide bonds. The molecule has 0 aromatic heterocycles. The summed E-state index contributed by atoms with van der Waals surface area (Å²) in [4.78, 5) is 10.1. The Kier molecular flexibility index (Phi) is 3.33. The van der Waals surface area contributed by atoms with Crippen LogP contribution in [-0.4, -0.2) is 10.0 Å². The second kappa shape index (κ2) is 4.93. The summed E-state index contributed by atoms with van der Waals surface area (Å²) in [5.74, 6) is -0.510. The van der Waals surface area contributed by atoms with Crippen molar-refractivity contribution < 1.29 is 19.2 Å². The van der Waals surface area contributed by atoms with Gasteiger partial charge in [0.1, 0.15) is 17.3 Å². The van der Waals surface area contributed by atoms with Gasteiger partial charge in [-0.05, 0) is 31.2 Å². The standard InChI is InChI=1S/C13H10FNO4/c1-8-11(16)3-2-4-12(8)19-13-6-5-9(14)7-10(13)15(17)18/h2-7,16H,1H3. The third kappa shape index (κ3) is 2.62. The van der Waals surface area contributed by atoms with Crippen LogP contribution in [0.2, 0.25) is 0 Å². The third-order valence-corrected chi connectivity index (χ3v) is 2.59. The minimum absolute atomic E-state index is 0.0160. The van der Waals surface area contributed by atoms with Crippen LogP contribution in [0.4, 0.5) is 10.1 Å². The van der Waals surface area contributed by atoms with Crippen molar-refractivity contribution in [3.05, 3.63) is 57.9 Å². The molecule has 0 saturated carbocycles. The summed E-state index contributed by atoms with van der Waals surface area (Å²) >= 11 is 0. The highest BCUT2D eigenvalue weighted by molar-refractivity contribution is 5.51. The molecule has 2 rings (SSSR count). The normalized spacial score (nSPS) is 10.2. The predicted octanol–water partition coefficient (Wildman–Crippen LogP) is 3.54. The molecular formula is C13H10FNO4. The zero-order chi connectivity index (χ0) is 14.0. The van der Waals surface area contributed by atoms with Crippen molar-refractivity contribution in [2.24, 2.45) is 0 Å². The van der Waals surface area contributed by atoms with Crippen LogP contribution < -0.4 is 4.74 Å². The van der Waals surface area contributed by atoms with E-state index in [4.69, 9.17) is 4.74 Å². The van der Waals surface area contributed by atoms with E-state index in [0.29, 0.717) is 5.56 Å². The Morgan fingerprint density at radius 2 is 2.00 bits per heavy atom. The Morgan fingerprint density at radius 1 is 1.26 bits per heavy atom. The molecule has 0 spiro atoms. The lowest BCUT2D eigenvalue weighted by Gasteiger charge is -2.09. The van der Waals surface area contributed by atoms with Crippen LogP contribution in [0.1, 0.15) is 5.56 Å². The molecule has 0 aliphatic rings. The number of hydrogen-bond acceptors (Lipinski definition) is 4. The van der Waals surface area contributed by atoms with E-state index in [1.54, 1.807) is 19.1 Å². The zero-order valence-electron chi connectivity index (χ0n) is 9.96. The van der Waals surface area contributed by atoms with Crippen molar-refractivity contribution in [2.75, 3.05) is 0 Å². The Bertz CT molecular complexity index is 643. The number of aromatic hydroxyl groups is 1. The quantitative estimate of drug-likeness (QED) is 0.679. The van der Waals surface area contributed by atoms with E-state index in [9.17, 15) is 19.6 Å². The molecule has 0 radical (unpaired) electrons. The first-order valence-corrected chi connectivity index (χ1v) is 5.39. The summed E-state index contributed by atoms with van der Waals surface area (Å²) in [6, 6.07) is 7.61. The average Bonchev–Trinajstić information content (AvgIpc) is 2.36. The van der Waals surface area contributed by atoms with Gasteiger partial charge in [-0.25, -0.2) is 4.39 Å². The molecule has 98 valence electrons. The minimum Gasteiger partial charge on any atom is -0.508 e. The Balaban J connectivity index is 2.44. The largest absolute Gasteiger partial charge is 0.508 e. The monoisotopic (exact) mass is 263 g/mol. The average molecular weight is 263 g/mol. The van der Waals surface area contributed by atoms with Crippen molar-refractivity contribution >= 4 is 5.69 Å². The molecule has 0 bridgehead atoms. The van der Waals surface area contributed by atoms with Crippen LogP contribution in [0.25, 0.3) is 0 Å². The highest BCUT2D eigenvalue weighted by Gasteiger charge is 2.18. The molecular weight excluding hydrogens is 253 g/mol. The molecule has 0 unspecified atom stereocenters. The van der Waals surface area contributed by atoms with E-state index in [1.165, 1.54) is 12.1 Å². The zero-order valence-corrected chi connectivity index (χ0v) is 9.96. The maximum Gasteiger partial charge on any atom is 0.314 e. The number of rotatable bonds is 3. The lowest BCUT2D eigenvalue weighted by Crippen LogP contribution is -1.95. The Labute approximate surface area is 108 Å². The summed E-state index contributed by atoms with van der Waals surface area (Å²) in [6.45, 7) is 1.61. The number of phenols is 1. The number of halogens is 1. The highest BCUT2D eigenvalue weighted by Crippen LogP contribution is 2.35. The summed E-state index contributed by atoms with van der Waals surface area (Å²) in [7, 11) is 0. The van der Waals surface area contributed by atoms with Gasteiger partial charge < -0.3 is 9.84 Å². The van der Waals surface area contributed by atoms with Gasteiger partial charge in [-0.3, -0.25) is 10.1 Å². The van der Waals surface area contributed by atoms with Crippen molar-refractivity contribution in [2.45, 2.75) is 6.92 Å². The maximum absolute atomic E-state index is 13.0. The van der Waals surface area contributed by atoms with Crippen LogP contribution in [0.5, 0.6) is 17.2 Å². The number of phenolic OH excluding ortho intramolecular Hbond substituents is 1. The van der Waals surface area contributed by atoms with Gasteiger partial charge in [0.2, 0.25) is 5.75 Å². The number of nitro benzene ring substituents is 1. The van der Waals surface area contributed by atoms with Crippen molar-refractivity contribution in [1.82, 2.24) is 0 Å². The molecule has 1 N–H and O–H groups in total. The minimum atomic E-state index is -0.726. The molecule has 2 aromatic rings. The van der Waals surface area contributed by atoms with E-state index in [0.717, 1.165) is 12.1 Å². The van der Waals surface area contributed by atoms with Gasteiger partial charge in [-0.2, -0.15) is 0 Å². The fourth-order valence-corrected chi connectivity index (χ4v) is 1.55. The predicted molar refractivity (Wildman–Crippen MR) is 66.0 cm³/mol. The molecule has 0 heterocycles. The summed E-state index contributed by atoms with van der Waals surface area (Å²) in [6.07, 6.45) is 0. The van der Waals surface area contributed by atoms with Gasteiger partial charge in [0.05, 0.1) is 11.0 Å². The van der Waals surface area contributed by atoms with E-state index in [2.05, 4.69) is 0 Å². The molecule has 0 aliphatic carbocycles. The van der Waals surface area contributed by atoms with Crippen LogP contribution >= 0.6 is 0 Å². The van der Waals surface area contributed by atoms with Crippen LogP contribution in [0, 0.1) is 22.9 Å². The fraction of sp³-hybridized carbons (Fsp3) is 0.0769. The summed E-state index contributed by atoms with van der Waals surface area (Å²) < 4.78 is 18.4. The Hall–Kier alpha value is -2.63. The Morgan fingerprint density at radius 3 is 2.68 bits per heavy atom. The molecule has 0 fully saturated rings. The molecule has 0 saturated heterocycles. The van der Waals surface area contributed by atoms with E-state index >= 15 is 0 Å². The van der Waals surface area contributed by atoms with Crippen LogP contribution in [0.15, 0.2) is 36.4 Å². The van der Waals surface area contributed by atoms with Crippen LogP contribution in [0.3, 0.4) is 0 Å². The fourth-order valence-electron chi connectivity index (χ4n) is 1.55. The number of ether oxygens (including phenoxy) is 1. The number of hydrogen-bond donors (Lipinski definition) is 1. The molecule has 5 nitrogen and oxygen atoms in total. The van der Waals surface area contributed by atoms with Gasteiger partial charge in [0.25, 0.3) is 0 Å². The van der Waals surface area contributed by atoms with Crippen molar-refractivity contribution in [3.63, 3.8) is 0 Å². The first-order valence-electron chi connectivity index (χ1n) is 5.39. The molecule has 0 atom stereocenters.